The lowest BCUT2D eigenvalue weighted by Crippen LogP contribution is -2.38. The smallest absolute Gasteiger partial charge is 0.223 e. The summed E-state index contributed by atoms with van der Waals surface area (Å²) >= 11 is 0. The number of aliphatic hydroxyl groups is 1. The van der Waals surface area contributed by atoms with Gasteiger partial charge in [-0.2, -0.15) is 0 Å². The number of nitrogens with zero attached hydrogens (tertiary/aromatic N) is 3. The van der Waals surface area contributed by atoms with Crippen LogP contribution in [-0.4, -0.2) is 53.2 Å². The number of aliphatic hydroxyl groups excluding tert-OH is 1. The Labute approximate surface area is 207 Å². The Bertz CT molecular complexity index is 1200. The van der Waals surface area contributed by atoms with Gasteiger partial charge in [-0.05, 0) is 62.3 Å². The number of hydrogen-bond acceptors (Lipinski definition) is 5. The van der Waals surface area contributed by atoms with E-state index in [1.165, 1.54) is 0 Å². The summed E-state index contributed by atoms with van der Waals surface area (Å²) < 4.78 is 5.48. The third-order valence-corrected chi connectivity index (χ3v) is 7.32. The van der Waals surface area contributed by atoms with E-state index < -0.39 is 0 Å². The predicted molar refractivity (Wildman–Crippen MR) is 139 cm³/mol. The topological polar surface area (TPSA) is 65.9 Å². The largest absolute Gasteiger partial charge is 0.496 e. The van der Waals surface area contributed by atoms with Gasteiger partial charge in [0.1, 0.15) is 11.6 Å². The van der Waals surface area contributed by atoms with Gasteiger partial charge in [-0.15, -0.1) is 0 Å². The van der Waals surface area contributed by atoms with Crippen molar-refractivity contribution in [1.82, 2.24) is 9.88 Å². The van der Waals surface area contributed by atoms with Crippen LogP contribution in [0.5, 0.6) is 5.75 Å². The van der Waals surface area contributed by atoms with E-state index in [1.54, 1.807) is 7.11 Å². The number of hydrogen-bond donors (Lipinski definition) is 1. The van der Waals surface area contributed by atoms with Gasteiger partial charge in [-0.3, -0.25) is 4.79 Å². The highest BCUT2D eigenvalue weighted by atomic mass is 16.5. The molecule has 3 aromatic rings. The van der Waals surface area contributed by atoms with Gasteiger partial charge in [0.25, 0.3) is 0 Å². The van der Waals surface area contributed by atoms with Gasteiger partial charge in [-0.25, -0.2) is 4.98 Å². The molecule has 2 aliphatic rings. The molecule has 1 N–H and O–H groups in total. The predicted octanol–water partition coefficient (Wildman–Crippen LogP) is 4.64. The lowest BCUT2D eigenvalue weighted by Gasteiger charge is -2.33. The van der Waals surface area contributed by atoms with E-state index in [0.29, 0.717) is 25.4 Å². The molecule has 0 unspecified atom stereocenters. The summed E-state index contributed by atoms with van der Waals surface area (Å²) in [5, 5.41) is 11.1. The van der Waals surface area contributed by atoms with Crippen LogP contribution >= 0.6 is 0 Å². The van der Waals surface area contributed by atoms with E-state index in [2.05, 4.69) is 41.0 Å². The number of aryl methyl sites for hydroxylation is 2. The van der Waals surface area contributed by atoms with Gasteiger partial charge in [0.05, 0.1) is 18.7 Å². The van der Waals surface area contributed by atoms with Crippen molar-refractivity contribution in [3.8, 4) is 5.75 Å². The van der Waals surface area contributed by atoms with Crippen LogP contribution in [0.25, 0.3) is 10.9 Å². The lowest BCUT2D eigenvalue weighted by molar-refractivity contribution is -0.132. The van der Waals surface area contributed by atoms with Crippen molar-refractivity contribution in [3.63, 3.8) is 0 Å². The molecular formula is C29H35N3O3. The van der Waals surface area contributed by atoms with Gasteiger partial charge in [0.2, 0.25) is 5.91 Å². The zero-order valence-electron chi connectivity index (χ0n) is 20.7. The van der Waals surface area contributed by atoms with E-state index in [4.69, 9.17) is 9.72 Å². The number of carbonyl (C=O) groups excluding carboxylic acids is 1. The number of carbonyl (C=O) groups is 1. The fraction of sp³-hybridized carbons (Fsp3) is 0.448. The van der Waals surface area contributed by atoms with Gasteiger partial charge in [0.15, 0.2) is 0 Å². The molecule has 6 heteroatoms. The number of piperidine rings is 1. The number of methoxy groups -OCH3 is 1. The highest BCUT2D eigenvalue weighted by Crippen LogP contribution is 2.34. The number of rotatable bonds is 8. The third kappa shape index (κ3) is 5.27. The van der Waals surface area contributed by atoms with Gasteiger partial charge in [0, 0.05) is 43.0 Å². The molecule has 0 atom stereocenters. The Hall–Kier alpha value is -3.12. The maximum atomic E-state index is 13.5. The molecule has 2 aromatic carbocycles. The summed E-state index contributed by atoms with van der Waals surface area (Å²) in [6.07, 6.45) is 4.50. The average molecular weight is 474 g/mol. The van der Waals surface area contributed by atoms with Crippen LogP contribution in [0.2, 0.25) is 0 Å². The SMILES string of the molecule is COc1ccccc1CCC(=O)N(Cc1cc2cccc(C)c2nc1N1CCC(O)CC1)C1CC1. The Morgan fingerprint density at radius 3 is 2.60 bits per heavy atom. The molecule has 2 fully saturated rings. The first-order valence-corrected chi connectivity index (χ1v) is 12.8. The number of benzene rings is 2. The number of para-hydroxylation sites is 2. The molecule has 1 aliphatic heterocycles. The monoisotopic (exact) mass is 473 g/mol. The first-order valence-electron chi connectivity index (χ1n) is 12.8. The van der Waals surface area contributed by atoms with E-state index >= 15 is 0 Å². The number of amides is 1. The van der Waals surface area contributed by atoms with Crippen molar-refractivity contribution in [2.75, 3.05) is 25.1 Å². The molecule has 0 radical (unpaired) electrons. The first kappa shape index (κ1) is 23.6. The summed E-state index contributed by atoms with van der Waals surface area (Å²) in [7, 11) is 1.67. The number of pyridine rings is 1. The number of fused-ring (bicyclic) bond motifs is 1. The van der Waals surface area contributed by atoms with Crippen molar-refractivity contribution in [2.24, 2.45) is 0 Å². The fourth-order valence-corrected chi connectivity index (χ4v) is 5.13. The molecule has 1 amide bonds. The van der Waals surface area contributed by atoms with Gasteiger partial charge in [-0.1, -0.05) is 36.4 Å². The van der Waals surface area contributed by atoms with Crippen LogP contribution < -0.4 is 9.64 Å². The molecule has 1 aliphatic carbocycles. The van der Waals surface area contributed by atoms with Crippen LogP contribution in [0.3, 0.4) is 0 Å². The summed E-state index contributed by atoms with van der Waals surface area (Å²) in [4.78, 5) is 22.9. The van der Waals surface area contributed by atoms with E-state index in [1.807, 2.05) is 24.3 Å². The zero-order chi connectivity index (χ0) is 24.4. The molecule has 2 heterocycles. The Morgan fingerprint density at radius 1 is 1.09 bits per heavy atom. The lowest BCUT2D eigenvalue weighted by atomic mass is 10.0. The van der Waals surface area contributed by atoms with Crippen LogP contribution in [-0.2, 0) is 17.8 Å². The number of aromatic nitrogens is 1. The Balaban J connectivity index is 1.41. The third-order valence-electron chi connectivity index (χ3n) is 7.32. The van der Waals surface area contributed by atoms with Crippen LogP contribution in [0.15, 0.2) is 48.5 Å². The van der Waals surface area contributed by atoms with Crippen molar-refractivity contribution >= 4 is 22.6 Å². The Morgan fingerprint density at radius 2 is 1.86 bits per heavy atom. The van der Waals surface area contributed by atoms with Crippen LogP contribution in [0.1, 0.15) is 48.8 Å². The standard InChI is InChI=1S/C29H35N3O3/c1-20-6-5-8-22-18-23(29(30-28(20)22)31-16-14-25(33)15-17-31)19-32(24-11-12-24)27(34)13-10-21-7-3-4-9-26(21)35-2/h3-9,18,24-25,33H,10-17,19H2,1-2H3. The maximum Gasteiger partial charge on any atom is 0.223 e. The fourth-order valence-electron chi connectivity index (χ4n) is 5.13. The summed E-state index contributed by atoms with van der Waals surface area (Å²) in [6, 6.07) is 16.7. The number of anilines is 1. The van der Waals surface area contributed by atoms with Crippen LogP contribution in [0.4, 0.5) is 5.82 Å². The molecule has 1 aromatic heterocycles. The normalized spacial score (nSPS) is 16.5. The van der Waals surface area contributed by atoms with Crippen molar-refractivity contribution in [3.05, 3.63) is 65.2 Å². The van der Waals surface area contributed by atoms with Gasteiger partial charge < -0.3 is 19.6 Å². The molecule has 1 saturated heterocycles. The molecular weight excluding hydrogens is 438 g/mol. The van der Waals surface area contributed by atoms with Crippen molar-refractivity contribution in [2.45, 2.75) is 64.1 Å². The second-order valence-corrected chi connectivity index (χ2v) is 9.90. The van der Waals surface area contributed by atoms with Crippen molar-refractivity contribution in [1.29, 1.82) is 0 Å². The highest BCUT2D eigenvalue weighted by Gasteiger charge is 2.33. The van der Waals surface area contributed by atoms with Crippen LogP contribution in [0, 0.1) is 6.92 Å². The second-order valence-electron chi connectivity index (χ2n) is 9.90. The zero-order valence-corrected chi connectivity index (χ0v) is 20.7. The minimum absolute atomic E-state index is 0.183. The molecule has 184 valence electrons. The minimum Gasteiger partial charge on any atom is -0.496 e. The first-order chi connectivity index (χ1) is 17.0. The Kier molecular flexibility index (Phi) is 6.91. The molecule has 0 bridgehead atoms. The average Bonchev–Trinajstić information content (AvgIpc) is 3.72. The summed E-state index contributed by atoms with van der Waals surface area (Å²) in [5.74, 6) is 1.98. The minimum atomic E-state index is -0.239. The van der Waals surface area contributed by atoms with E-state index in [0.717, 1.165) is 77.9 Å². The maximum absolute atomic E-state index is 13.5. The molecule has 35 heavy (non-hydrogen) atoms. The van der Waals surface area contributed by atoms with E-state index in [9.17, 15) is 9.90 Å². The molecule has 1 saturated carbocycles. The number of ether oxygens (including phenoxy) is 1. The van der Waals surface area contributed by atoms with Crippen molar-refractivity contribution < 1.29 is 14.6 Å². The molecule has 5 rings (SSSR count). The van der Waals surface area contributed by atoms with E-state index in [-0.39, 0.29) is 12.0 Å². The quantitative estimate of drug-likeness (QED) is 0.516. The molecule has 6 nitrogen and oxygen atoms in total. The highest BCUT2D eigenvalue weighted by molar-refractivity contribution is 5.85. The summed E-state index contributed by atoms with van der Waals surface area (Å²) in [5.41, 5.74) is 4.32. The summed E-state index contributed by atoms with van der Waals surface area (Å²) in [6.45, 7) is 4.23. The van der Waals surface area contributed by atoms with Gasteiger partial charge >= 0.3 is 0 Å². The molecule has 0 spiro atoms. The second kappa shape index (κ2) is 10.2.